The molecule has 0 aliphatic heterocycles. The Bertz CT molecular complexity index is 516. The highest BCUT2D eigenvalue weighted by Crippen LogP contribution is 1.82. The van der Waals surface area contributed by atoms with E-state index in [1.807, 2.05) is 0 Å². The average Bonchev–Trinajstić information content (AvgIpc) is 2.51. The van der Waals surface area contributed by atoms with Gasteiger partial charge in [-0.3, -0.25) is 9.59 Å². The second kappa shape index (κ2) is 13.2. The van der Waals surface area contributed by atoms with Gasteiger partial charge in [0.1, 0.15) is 25.3 Å². The van der Waals surface area contributed by atoms with Crippen LogP contribution in [0.1, 0.15) is 0 Å². The monoisotopic (exact) mass is 346 g/mol. The van der Waals surface area contributed by atoms with Crippen molar-refractivity contribution in [3.63, 3.8) is 0 Å². The number of rotatable bonds is 8. The number of carbonyl (C=O) groups is 4. The fraction of sp³-hybridized carbons (Fsp3) is 0.400. The number of hydrogen-bond acceptors (Lipinski definition) is 8. The van der Waals surface area contributed by atoms with Gasteiger partial charge in [0.2, 0.25) is 0 Å². The Morgan fingerprint density at radius 3 is 1.38 bits per heavy atom. The molecule has 0 radical (unpaired) electrons. The van der Waals surface area contributed by atoms with Crippen LogP contribution in [0.2, 0.25) is 0 Å². The van der Waals surface area contributed by atoms with Crippen LogP contribution in [0.5, 0.6) is 0 Å². The Hall–Kier alpha value is -3.44. The Labute approximate surface area is 133 Å². The van der Waals surface area contributed by atoms with Gasteiger partial charge in [0.05, 0.1) is 0 Å². The third kappa shape index (κ3) is 13.5. The van der Waals surface area contributed by atoms with Gasteiger partial charge in [-0.2, -0.15) is 9.58 Å². The first-order chi connectivity index (χ1) is 11.1. The third-order valence-electron chi connectivity index (χ3n) is 1.77. The van der Waals surface area contributed by atoms with Crippen LogP contribution in [0, 0.1) is 0 Å². The van der Waals surface area contributed by atoms with Crippen molar-refractivity contribution < 1.29 is 48.4 Å². The molecule has 0 amide bonds. The molecule has 0 spiro atoms. The minimum Gasteiger partial charge on any atom is -0.480 e. The van der Waals surface area contributed by atoms with E-state index in [0.29, 0.717) is 12.4 Å². The van der Waals surface area contributed by atoms with Crippen molar-refractivity contribution in [1.82, 2.24) is 0 Å². The number of carbonyl (C=O) groups excluding carboxylic acids is 2. The molecule has 0 saturated heterocycles. The van der Waals surface area contributed by atoms with Crippen molar-refractivity contribution in [1.29, 1.82) is 0 Å². The maximum Gasteiger partial charge on any atom is 0.413 e. The lowest BCUT2D eigenvalue weighted by molar-refractivity contribution is -0.146. The lowest BCUT2D eigenvalue weighted by atomic mass is 10.3. The van der Waals surface area contributed by atoms with Crippen molar-refractivity contribution in [2.75, 3.05) is 13.2 Å². The summed E-state index contributed by atoms with van der Waals surface area (Å²) < 4.78 is 8.50. The summed E-state index contributed by atoms with van der Waals surface area (Å²) >= 11 is 0. The van der Waals surface area contributed by atoms with E-state index in [1.54, 1.807) is 0 Å². The van der Waals surface area contributed by atoms with Gasteiger partial charge in [0.25, 0.3) is 0 Å². The first kappa shape index (κ1) is 22.8. The molecule has 0 bridgehead atoms. The number of nitrogens with two attached hydrogens (primary N) is 2. The summed E-state index contributed by atoms with van der Waals surface area (Å²) in [6.07, 6.45) is 0.989. The van der Waals surface area contributed by atoms with E-state index in [2.05, 4.69) is 19.1 Å². The molecule has 2 atom stereocenters. The van der Waals surface area contributed by atoms with Crippen LogP contribution in [0.15, 0.2) is 0 Å². The number of nitrogens with zero attached hydrogens (tertiary/aromatic N) is 4. The van der Waals surface area contributed by atoms with Gasteiger partial charge in [-0.15, -0.1) is 0 Å². The molecule has 0 unspecified atom stereocenters. The first-order valence-corrected chi connectivity index (χ1v) is 5.80. The number of esters is 2. The highest BCUT2D eigenvalue weighted by Gasteiger charge is 2.15. The van der Waals surface area contributed by atoms with Crippen molar-refractivity contribution in [2.24, 2.45) is 11.5 Å². The summed E-state index contributed by atoms with van der Waals surface area (Å²) in [5.74, 6) is -4.45. The number of carboxylic acids is 2. The fourth-order valence-corrected chi connectivity index (χ4v) is 0.655. The lowest BCUT2D eigenvalue weighted by Gasteiger charge is -2.03. The zero-order valence-electron chi connectivity index (χ0n) is 12.0. The number of carboxylic acid groups (broad SMARTS) is 2. The van der Waals surface area contributed by atoms with Gasteiger partial charge < -0.3 is 42.2 Å². The molecular formula is C10H14N6O8. The van der Waals surface area contributed by atoms with E-state index < -0.39 is 49.2 Å². The minimum atomic E-state index is -1.27. The van der Waals surface area contributed by atoms with Gasteiger partial charge in [0, 0.05) is 0 Å². The number of aliphatic carboxylic acids is 2. The van der Waals surface area contributed by atoms with Gasteiger partial charge >= 0.3 is 36.3 Å². The predicted molar refractivity (Wildman–Crippen MR) is 72.5 cm³/mol. The molecule has 0 aliphatic carbocycles. The topological polar surface area (TPSA) is 252 Å². The Balaban J connectivity index is 0. The molecule has 0 heterocycles. The van der Waals surface area contributed by atoms with Gasteiger partial charge in [-0.05, 0) is 0 Å². The van der Waals surface area contributed by atoms with Crippen LogP contribution >= 0.6 is 0 Å². The van der Waals surface area contributed by atoms with Crippen LogP contribution in [0.4, 0.5) is 0 Å². The highest BCUT2D eigenvalue weighted by atomic mass is 16.5. The summed E-state index contributed by atoms with van der Waals surface area (Å²) in [5, 5.41) is 16.5. The standard InChI is InChI=1S/2C5H7N3O4/c2*6-3(5(10)11)2-12-4(9)1-8-7/h2*1,3H,2,6H2,(H,10,11)/t2*3-/m00/s1. The highest BCUT2D eigenvalue weighted by molar-refractivity contribution is 6.20. The molecule has 0 aromatic rings. The van der Waals surface area contributed by atoms with Crippen LogP contribution in [0.25, 0.3) is 11.1 Å². The molecule has 0 fully saturated rings. The molecule has 14 heteroatoms. The van der Waals surface area contributed by atoms with E-state index in [1.165, 1.54) is 0 Å². The Morgan fingerprint density at radius 1 is 0.875 bits per heavy atom. The van der Waals surface area contributed by atoms with Crippen molar-refractivity contribution in [3.8, 4) is 0 Å². The molecule has 0 saturated carbocycles. The van der Waals surface area contributed by atoms with Crippen LogP contribution in [-0.2, 0) is 28.7 Å². The van der Waals surface area contributed by atoms with Crippen molar-refractivity contribution in [3.05, 3.63) is 11.1 Å². The van der Waals surface area contributed by atoms with E-state index in [9.17, 15) is 19.2 Å². The maximum atomic E-state index is 10.4. The van der Waals surface area contributed by atoms with Crippen molar-refractivity contribution in [2.45, 2.75) is 12.1 Å². The molecule has 132 valence electrons. The van der Waals surface area contributed by atoms with Crippen LogP contribution < -0.4 is 11.5 Å². The normalized spacial score (nSPS) is 11.1. The van der Waals surface area contributed by atoms with E-state index in [0.717, 1.165) is 0 Å². The molecular weight excluding hydrogens is 332 g/mol. The molecule has 0 aliphatic rings. The smallest absolute Gasteiger partial charge is 0.413 e. The zero-order chi connectivity index (χ0) is 19.1. The number of ether oxygens (including phenoxy) is 2. The summed E-state index contributed by atoms with van der Waals surface area (Å²) in [7, 11) is 0. The Kier molecular flexibility index (Phi) is 12.6. The van der Waals surface area contributed by atoms with Gasteiger partial charge in [0.15, 0.2) is 0 Å². The van der Waals surface area contributed by atoms with Crippen LogP contribution in [0.3, 0.4) is 0 Å². The zero-order valence-corrected chi connectivity index (χ0v) is 12.0. The quantitative estimate of drug-likeness (QED) is 0.146. The third-order valence-corrected chi connectivity index (χ3v) is 1.77. The summed E-state index contributed by atoms with van der Waals surface area (Å²) in [6, 6.07) is -2.53. The SMILES string of the molecule is [N-]=[N+]=CC(=O)OC[C@H](N)C(=O)O.[N-]=[N+]=CC(=O)OC[C@H](N)C(=O)O. The first-order valence-electron chi connectivity index (χ1n) is 5.80. The van der Waals surface area contributed by atoms with Gasteiger partial charge in [-0.1, -0.05) is 0 Å². The lowest BCUT2D eigenvalue weighted by Crippen LogP contribution is -2.35. The molecule has 6 N–H and O–H groups in total. The minimum absolute atomic E-state index is 0.458. The predicted octanol–water partition coefficient (Wildman–Crippen LogP) is -3.52. The summed E-state index contributed by atoms with van der Waals surface area (Å²) in [4.78, 5) is 45.7. The summed E-state index contributed by atoms with van der Waals surface area (Å²) in [6.45, 7) is -0.916. The van der Waals surface area contributed by atoms with E-state index >= 15 is 0 Å². The molecule has 14 nitrogen and oxygen atoms in total. The van der Waals surface area contributed by atoms with E-state index in [-0.39, 0.29) is 0 Å². The molecule has 0 aromatic carbocycles. The van der Waals surface area contributed by atoms with Crippen molar-refractivity contribution >= 4 is 36.3 Å². The fourth-order valence-electron chi connectivity index (χ4n) is 0.655. The van der Waals surface area contributed by atoms with E-state index in [4.69, 9.17) is 32.7 Å². The van der Waals surface area contributed by atoms with Gasteiger partial charge in [-0.25, -0.2) is 9.59 Å². The molecule has 24 heavy (non-hydrogen) atoms. The summed E-state index contributed by atoms with van der Waals surface area (Å²) in [5.41, 5.74) is 25.6. The second-order valence-corrected chi connectivity index (χ2v) is 3.64. The molecule has 0 aromatic heterocycles. The van der Waals surface area contributed by atoms with Crippen LogP contribution in [-0.4, -0.2) is 81.4 Å². The Morgan fingerprint density at radius 2 is 1.17 bits per heavy atom. The molecule has 0 rings (SSSR count). The average molecular weight is 346 g/mol. The number of hydrogen-bond donors (Lipinski definition) is 4. The largest absolute Gasteiger partial charge is 0.480 e. The second-order valence-electron chi connectivity index (χ2n) is 3.64. The maximum absolute atomic E-state index is 10.4.